The Morgan fingerprint density at radius 1 is 1.19 bits per heavy atom. The molecule has 0 radical (unpaired) electrons. The number of benzene rings is 1. The Bertz CT molecular complexity index is 852. The molecular weight excluding hydrogens is 342 g/mol. The molecule has 27 heavy (non-hydrogen) atoms. The van der Waals surface area contributed by atoms with Gasteiger partial charge in [-0.2, -0.15) is 0 Å². The molecule has 3 heterocycles. The maximum Gasteiger partial charge on any atom is 0.254 e. The van der Waals surface area contributed by atoms with Crippen LogP contribution < -0.4 is 5.32 Å². The van der Waals surface area contributed by atoms with Crippen molar-refractivity contribution < 1.29 is 14.3 Å². The molecule has 2 fully saturated rings. The van der Waals surface area contributed by atoms with Crippen molar-refractivity contribution in [1.29, 1.82) is 0 Å². The summed E-state index contributed by atoms with van der Waals surface area (Å²) in [7, 11) is 0. The number of hydrogen-bond acceptors (Lipinski definition) is 4. The molecule has 6 nitrogen and oxygen atoms in total. The topological polar surface area (TPSA) is 66.6 Å². The van der Waals surface area contributed by atoms with Crippen molar-refractivity contribution in [2.75, 3.05) is 46.0 Å². The molecular formula is C21H27N3O3. The summed E-state index contributed by atoms with van der Waals surface area (Å²) >= 11 is 0. The minimum absolute atomic E-state index is 0.0922. The van der Waals surface area contributed by atoms with Gasteiger partial charge in [-0.05, 0) is 49.4 Å². The predicted molar refractivity (Wildman–Crippen MR) is 103 cm³/mol. The number of morpholine rings is 1. The summed E-state index contributed by atoms with van der Waals surface area (Å²) in [6, 6.07) is 6.10. The van der Waals surface area contributed by atoms with Gasteiger partial charge in [0.25, 0.3) is 5.91 Å². The predicted octanol–water partition coefficient (Wildman–Crippen LogP) is 1.88. The standard InChI is InChI=1S/C21H27N3O3/c25-20(24-8-10-27-21(13-24)12-22-7-9-26-14-21)15-5-6-19-17(11-15)16-3-1-2-4-18(16)23-19/h5-6,11,22-23H,1-4,7-10,12-14H2. The highest BCUT2D eigenvalue weighted by molar-refractivity contribution is 5.99. The fourth-order valence-electron chi connectivity index (χ4n) is 4.70. The number of carbonyl (C=O) groups is 1. The number of ether oxygens (including phenoxy) is 2. The molecule has 5 rings (SSSR count). The molecule has 3 aliphatic rings. The van der Waals surface area contributed by atoms with Crippen molar-refractivity contribution in [3.05, 3.63) is 35.0 Å². The van der Waals surface area contributed by atoms with Crippen LogP contribution in [0.2, 0.25) is 0 Å². The number of nitrogens with one attached hydrogen (secondary N) is 2. The summed E-state index contributed by atoms with van der Waals surface area (Å²) in [4.78, 5) is 18.7. The third-order valence-corrected chi connectivity index (χ3v) is 6.12. The van der Waals surface area contributed by atoms with Crippen molar-refractivity contribution in [2.24, 2.45) is 0 Å². The molecule has 2 N–H and O–H groups in total. The summed E-state index contributed by atoms with van der Waals surface area (Å²) in [5, 5.41) is 4.59. The van der Waals surface area contributed by atoms with Crippen LogP contribution in [0.15, 0.2) is 18.2 Å². The second-order valence-corrected chi connectivity index (χ2v) is 8.04. The lowest BCUT2D eigenvalue weighted by molar-refractivity contribution is -0.125. The summed E-state index contributed by atoms with van der Waals surface area (Å²) in [6.45, 7) is 4.53. The molecule has 144 valence electrons. The lowest BCUT2D eigenvalue weighted by Gasteiger charge is -2.41. The molecule has 0 saturated carbocycles. The number of H-pyrrole nitrogens is 1. The first-order valence-corrected chi connectivity index (χ1v) is 10.1. The van der Waals surface area contributed by atoms with Crippen LogP contribution in [0.25, 0.3) is 10.9 Å². The molecule has 2 saturated heterocycles. The van der Waals surface area contributed by atoms with Crippen LogP contribution in [-0.4, -0.2) is 67.4 Å². The van der Waals surface area contributed by atoms with E-state index in [1.54, 1.807) is 0 Å². The number of carbonyl (C=O) groups excluding carboxylic acids is 1. The third-order valence-electron chi connectivity index (χ3n) is 6.12. The Morgan fingerprint density at radius 2 is 2.11 bits per heavy atom. The molecule has 6 heteroatoms. The summed E-state index contributed by atoms with van der Waals surface area (Å²) < 4.78 is 11.7. The van der Waals surface area contributed by atoms with Crippen LogP contribution in [0.4, 0.5) is 0 Å². The van der Waals surface area contributed by atoms with Crippen LogP contribution in [-0.2, 0) is 22.3 Å². The van der Waals surface area contributed by atoms with Crippen molar-refractivity contribution in [2.45, 2.75) is 31.3 Å². The molecule has 1 aromatic carbocycles. The lowest BCUT2D eigenvalue weighted by atomic mass is 9.95. The molecule has 0 bridgehead atoms. The highest BCUT2D eigenvalue weighted by atomic mass is 16.5. The van der Waals surface area contributed by atoms with Crippen LogP contribution in [0, 0.1) is 0 Å². The van der Waals surface area contributed by atoms with Crippen LogP contribution in [0.5, 0.6) is 0 Å². The van der Waals surface area contributed by atoms with E-state index in [1.165, 1.54) is 29.5 Å². The number of rotatable bonds is 1. The maximum atomic E-state index is 13.2. The monoisotopic (exact) mass is 369 g/mol. The summed E-state index contributed by atoms with van der Waals surface area (Å²) in [6.07, 6.45) is 4.71. The minimum atomic E-state index is -0.429. The summed E-state index contributed by atoms with van der Waals surface area (Å²) in [5.41, 5.74) is 4.26. The van der Waals surface area contributed by atoms with Crippen LogP contribution in [0.1, 0.15) is 34.5 Å². The van der Waals surface area contributed by atoms with Crippen molar-refractivity contribution in [3.8, 4) is 0 Å². The van der Waals surface area contributed by atoms with Gasteiger partial charge in [-0.15, -0.1) is 0 Å². The van der Waals surface area contributed by atoms with Gasteiger partial charge in [-0.1, -0.05) is 0 Å². The van der Waals surface area contributed by atoms with E-state index in [9.17, 15) is 4.79 Å². The van der Waals surface area contributed by atoms with Gasteiger partial charge in [0.2, 0.25) is 0 Å². The number of fused-ring (bicyclic) bond motifs is 3. The number of amides is 1. The Balaban J connectivity index is 1.41. The summed E-state index contributed by atoms with van der Waals surface area (Å²) in [5.74, 6) is 0.0922. The second-order valence-electron chi connectivity index (χ2n) is 8.04. The van der Waals surface area contributed by atoms with E-state index in [1.807, 2.05) is 11.0 Å². The molecule has 1 atom stereocenters. The Morgan fingerprint density at radius 3 is 3.07 bits per heavy atom. The Hall–Kier alpha value is -1.89. The van der Waals surface area contributed by atoms with Gasteiger partial charge in [0.05, 0.1) is 26.4 Å². The van der Waals surface area contributed by atoms with Gasteiger partial charge in [-0.25, -0.2) is 0 Å². The zero-order chi connectivity index (χ0) is 18.3. The van der Waals surface area contributed by atoms with Crippen molar-refractivity contribution in [1.82, 2.24) is 15.2 Å². The third kappa shape index (κ3) is 3.16. The van der Waals surface area contributed by atoms with Gasteiger partial charge in [0.15, 0.2) is 0 Å². The largest absolute Gasteiger partial charge is 0.377 e. The molecule has 2 aromatic rings. The first-order chi connectivity index (χ1) is 13.2. The van der Waals surface area contributed by atoms with Gasteiger partial charge in [-0.3, -0.25) is 4.79 Å². The fraction of sp³-hybridized carbons (Fsp3) is 0.571. The van der Waals surface area contributed by atoms with E-state index in [4.69, 9.17) is 9.47 Å². The lowest BCUT2D eigenvalue weighted by Crippen LogP contribution is -2.59. The maximum absolute atomic E-state index is 13.2. The molecule has 2 aliphatic heterocycles. The number of aryl methyl sites for hydroxylation is 2. The second kappa shape index (κ2) is 6.93. The van der Waals surface area contributed by atoms with E-state index >= 15 is 0 Å². The normalized spacial score (nSPS) is 26.1. The van der Waals surface area contributed by atoms with E-state index in [2.05, 4.69) is 22.4 Å². The highest BCUT2D eigenvalue weighted by Gasteiger charge is 2.39. The molecule has 1 spiro atoms. The highest BCUT2D eigenvalue weighted by Crippen LogP contribution is 2.30. The van der Waals surface area contributed by atoms with E-state index in [0.29, 0.717) is 32.9 Å². The molecule has 1 aliphatic carbocycles. The zero-order valence-corrected chi connectivity index (χ0v) is 15.7. The zero-order valence-electron chi connectivity index (χ0n) is 15.7. The number of nitrogens with zero attached hydrogens (tertiary/aromatic N) is 1. The average Bonchev–Trinajstić information content (AvgIpc) is 2.93. The minimum Gasteiger partial charge on any atom is -0.377 e. The molecule has 1 amide bonds. The van der Waals surface area contributed by atoms with Crippen LogP contribution in [0.3, 0.4) is 0 Å². The molecule has 1 unspecified atom stereocenters. The Kier molecular flexibility index (Phi) is 4.42. The average molecular weight is 369 g/mol. The van der Waals surface area contributed by atoms with Crippen LogP contribution >= 0.6 is 0 Å². The van der Waals surface area contributed by atoms with Gasteiger partial charge >= 0.3 is 0 Å². The van der Waals surface area contributed by atoms with Gasteiger partial charge < -0.3 is 24.7 Å². The van der Waals surface area contributed by atoms with E-state index < -0.39 is 5.60 Å². The quantitative estimate of drug-likeness (QED) is 0.806. The number of aromatic nitrogens is 1. The van der Waals surface area contributed by atoms with E-state index in [-0.39, 0.29) is 5.91 Å². The number of hydrogen-bond donors (Lipinski definition) is 2. The SMILES string of the molecule is O=C(c1ccc2[nH]c3c(c2c1)CCCC3)N1CCOC2(CNCCOC2)C1. The van der Waals surface area contributed by atoms with Gasteiger partial charge in [0.1, 0.15) is 5.60 Å². The number of aromatic amines is 1. The van der Waals surface area contributed by atoms with Crippen molar-refractivity contribution in [3.63, 3.8) is 0 Å². The van der Waals surface area contributed by atoms with Crippen molar-refractivity contribution >= 4 is 16.8 Å². The van der Waals surface area contributed by atoms with Gasteiger partial charge in [0, 0.05) is 41.8 Å². The Labute approximate surface area is 159 Å². The van der Waals surface area contributed by atoms with E-state index in [0.717, 1.165) is 37.0 Å². The first kappa shape index (κ1) is 17.2. The first-order valence-electron chi connectivity index (χ1n) is 10.1. The smallest absolute Gasteiger partial charge is 0.254 e. The fourth-order valence-corrected chi connectivity index (χ4v) is 4.70. The molecule has 1 aromatic heterocycles.